The smallest absolute Gasteiger partial charge is 0.229 e. The number of sulfonamides is 1. The van der Waals surface area contributed by atoms with Crippen molar-refractivity contribution in [1.29, 1.82) is 0 Å². The predicted octanol–water partition coefficient (Wildman–Crippen LogP) is 1.58. The van der Waals surface area contributed by atoms with E-state index in [9.17, 15) is 8.42 Å². The molecule has 0 aliphatic heterocycles. The van der Waals surface area contributed by atoms with Crippen molar-refractivity contribution < 1.29 is 8.42 Å². The Kier molecular flexibility index (Phi) is 3.02. The molecule has 0 atom stereocenters. The van der Waals surface area contributed by atoms with Crippen LogP contribution in [0.15, 0.2) is 36.8 Å². The summed E-state index contributed by atoms with van der Waals surface area (Å²) in [6.45, 7) is 0. The highest BCUT2D eigenvalue weighted by atomic mass is 32.2. The summed E-state index contributed by atoms with van der Waals surface area (Å²) in [4.78, 5) is 11.1. The molecular weight excluding hydrogens is 290 g/mol. The Morgan fingerprint density at radius 3 is 2.86 bits per heavy atom. The van der Waals surface area contributed by atoms with Crippen LogP contribution in [0.3, 0.4) is 0 Å². The second-order valence-corrected chi connectivity index (χ2v) is 6.39. The van der Waals surface area contributed by atoms with E-state index in [1.807, 2.05) is 6.07 Å². The molecule has 0 spiro atoms. The summed E-state index contributed by atoms with van der Waals surface area (Å²) in [5, 5.41) is 0.717. The van der Waals surface area contributed by atoms with E-state index in [1.165, 1.54) is 6.33 Å². The molecule has 7 nitrogen and oxygen atoms in total. The number of aromatic nitrogens is 3. The summed E-state index contributed by atoms with van der Waals surface area (Å²) in [5.74, 6) is 0.373. The van der Waals surface area contributed by atoms with Crippen molar-refractivity contribution in [2.75, 3.05) is 16.7 Å². The Bertz CT molecular complexity index is 917. The number of rotatable bonds is 3. The number of fused-ring (bicyclic) bond motifs is 1. The van der Waals surface area contributed by atoms with Crippen LogP contribution in [0.4, 0.5) is 11.5 Å². The van der Waals surface area contributed by atoms with Crippen molar-refractivity contribution in [3.63, 3.8) is 0 Å². The molecular formula is C13H13N5O2S. The number of anilines is 2. The Hall–Kier alpha value is -2.61. The molecule has 3 aromatic rings. The first-order valence-corrected chi connectivity index (χ1v) is 7.99. The highest BCUT2D eigenvalue weighted by Gasteiger charge is 2.11. The first-order valence-electron chi connectivity index (χ1n) is 6.10. The molecule has 0 radical (unpaired) electrons. The molecule has 4 N–H and O–H groups in total. The predicted molar refractivity (Wildman–Crippen MR) is 82.2 cm³/mol. The summed E-state index contributed by atoms with van der Waals surface area (Å²) in [6.07, 6.45) is 4.27. The zero-order chi connectivity index (χ0) is 15.0. The van der Waals surface area contributed by atoms with Crippen LogP contribution in [0, 0.1) is 0 Å². The maximum Gasteiger partial charge on any atom is 0.229 e. The first-order chi connectivity index (χ1) is 9.94. The number of aromatic amines is 1. The second-order valence-electron chi connectivity index (χ2n) is 4.64. The fourth-order valence-electron chi connectivity index (χ4n) is 2.18. The van der Waals surface area contributed by atoms with Gasteiger partial charge < -0.3 is 10.7 Å². The maximum absolute atomic E-state index is 11.3. The standard InChI is InChI=1S/C13H13N5O2S/c1-21(19,20)18-9-4-2-3-8(5-9)10-6-15-13-11(10)12(14)16-7-17-13/h2-7,18H,1H3,(H3,14,15,16,17). The van der Waals surface area contributed by atoms with Gasteiger partial charge in [-0.3, -0.25) is 4.72 Å². The normalized spacial score (nSPS) is 11.7. The average Bonchev–Trinajstić information content (AvgIpc) is 2.82. The van der Waals surface area contributed by atoms with Crippen LogP contribution in [0.1, 0.15) is 0 Å². The van der Waals surface area contributed by atoms with Crippen LogP contribution >= 0.6 is 0 Å². The van der Waals surface area contributed by atoms with Crippen LogP contribution in [0.5, 0.6) is 0 Å². The fraction of sp³-hybridized carbons (Fsp3) is 0.0769. The van der Waals surface area contributed by atoms with Gasteiger partial charge in [0.25, 0.3) is 0 Å². The fourth-order valence-corrected chi connectivity index (χ4v) is 2.73. The number of hydrogen-bond acceptors (Lipinski definition) is 5. The van der Waals surface area contributed by atoms with Gasteiger partial charge in [0.2, 0.25) is 10.0 Å². The van der Waals surface area contributed by atoms with Crippen molar-refractivity contribution in [3.05, 3.63) is 36.8 Å². The van der Waals surface area contributed by atoms with E-state index in [4.69, 9.17) is 5.73 Å². The summed E-state index contributed by atoms with van der Waals surface area (Å²) < 4.78 is 25.1. The van der Waals surface area contributed by atoms with Gasteiger partial charge >= 0.3 is 0 Å². The molecule has 108 valence electrons. The Morgan fingerprint density at radius 2 is 2.10 bits per heavy atom. The monoisotopic (exact) mass is 303 g/mol. The van der Waals surface area contributed by atoms with Gasteiger partial charge in [-0.2, -0.15) is 0 Å². The third-order valence-electron chi connectivity index (χ3n) is 2.98. The van der Waals surface area contributed by atoms with Crippen LogP contribution < -0.4 is 10.5 Å². The number of nitrogens with zero attached hydrogens (tertiary/aromatic N) is 2. The van der Waals surface area contributed by atoms with Crippen LogP contribution in [-0.2, 0) is 10.0 Å². The molecule has 0 aliphatic rings. The summed E-state index contributed by atoms with van der Waals surface area (Å²) in [5.41, 5.74) is 8.66. The molecule has 8 heteroatoms. The van der Waals surface area contributed by atoms with Gasteiger partial charge in [-0.05, 0) is 17.7 Å². The Labute approximate surface area is 121 Å². The van der Waals surface area contributed by atoms with Gasteiger partial charge in [0, 0.05) is 17.4 Å². The van der Waals surface area contributed by atoms with Crippen molar-refractivity contribution in [2.45, 2.75) is 0 Å². The highest BCUT2D eigenvalue weighted by molar-refractivity contribution is 7.92. The molecule has 1 aromatic carbocycles. The Morgan fingerprint density at radius 1 is 1.29 bits per heavy atom. The molecule has 0 fully saturated rings. The molecule has 0 aliphatic carbocycles. The average molecular weight is 303 g/mol. The quantitative estimate of drug-likeness (QED) is 0.679. The lowest BCUT2D eigenvalue weighted by Crippen LogP contribution is -2.09. The van der Waals surface area contributed by atoms with Crippen molar-refractivity contribution in [3.8, 4) is 11.1 Å². The van der Waals surface area contributed by atoms with Gasteiger partial charge in [-0.1, -0.05) is 12.1 Å². The number of hydrogen-bond donors (Lipinski definition) is 3. The van der Waals surface area contributed by atoms with E-state index in [1.54, 1.807) is 24.4 Å². The van der Waals surface area contributed by atoms with Crippen molar-refractivity contribution in [1.82, 2.24) is 15.0 Å². The molecule has 3 rings (SSSR count). The molecule has 0 amide bonds. The lowest BCUT2D eigenvalue weighted by atomic mass is 10.1. The van der Waals surface area contributed by atoms with Gasteiger partial charge in [-0.25, -0.2) is 18.4 Å². The molecule has 0 bridgehead atoms. The van der Waals surface area contributed by atoms with Crippen molar-refractivity contribution >= 4 is 32.6 Å². The summed E-state index contributed by atoms with van der Waals surface area (Å²) in [6, 6.07) is 7.04. The number of H-pyrrole nitrogens is 1. The third-order valence-corrected chi connectivity index (χ3v) is 3.58. The van der Waals surface area contributed by atoms with Gasteiger partial charge in [-0.15, -0.1) is 0 Å². The SMILES string of the molecule is CS(=O)(=O)Nc1cccc(-c2c[nH]c3ncnc(N)c23)c1. The summed E-state index contributed by atoms with van der Waals surface area (Å²) in [7, 11) is -3.32. The molecule has 21 heavy (non-hydrogen) atoms. The lowest BCUT2D eigenvalue weighted by Gasteiger charge is -2.06. The highest BCUT2D eigenvalue weighted by Crippen LogP contribution is 2.31. The van der Waals surface area contributed by atoms with Crippen LogP contribution in [0.25, 0.3) is 22.2 Å². The number of benzene rings is 1. The molecule has 0 unspecified atom stereocenters. The van der Waals surface area contributed by atoms with E-state index in [0.717, 1.165) is 17.4 Å². The lowest BCUT2D eigenvalue weighted by molar-refractivity contribution is 0.607. The second kappa shape index (κ2) is 4.74. The van der Waals surface area contributed by atoms with Crippen molar-refractivity contribution in [2.24, 2.45) is 0 Å². The Balaban J connectivity index is 2.13. The van der Waals surface area contributed by atoms with E-state index in [-0.39, 0.29) is 0 Å². The number of nitrogens with one attached hydrogen (secondary N) is 2. The summed E-state index contributed by atoms with van der Waals surface area (Å²) >= 11 is 0. The topological polar surface area (TPSA) is 114 Å². The van der Waals surface area contributed by atoms with E-state index < -0.39 is 10.0 Å². The van der Waals surface area contributed by atoms with Crippen LogP contribution in [0.2, 0.25) is 0 Å². The van der Waals surface area contributed by atoms with Crippen LogP contribution in [-0.4, -0.2) is 29.6 Å². The zero-order valence-electron chi connectivity index (χ0n) is 11.2. The van der Waals surface area contributed by atoms with Gasteiger partial charge in [0.05, 0.1) is 11.6 Å². The third kappa shape index (κ3) is 2.65. The minimum absolute atomic E-state index is 0.373. The number of nitrogen functional groups attached to an aromatic ring is 1. The molecule has 2 heterocycles. The van der Waals surface area contributed by atoms with Gasteiger partial charge in [0.15, 0.2) is 0 Å². The molecule has 2 aromatic heterocycles. The maximum atomic E-state index is 11.3. The number of nitrogens with two attached hydrogens (primary N) is 1. The molecule has 0 saturated carbocycles. The zero-order valence-corrected chi connectivity index (χ0v) is 12.0. The minimum atomic E-state index is -3.32. The molecule has 0 saturated heterocycles. The minimum Gasteiger partial charge on any atom is -0.383 e. The van der Waals surface area contributed by atoms with E-state index in [2.05, 4.69) is 19.7 Å². The largest absolute Gasteiger partial charge is 0.383 e. The van der Waals surface area contributed by atoms with Gasteiger partial charge in [0.1, 0.15) is 17.8 Å². The van der Waals surface area contributed by atoms with E-state index in [0.29, 0.717) is 22.5 Å². The first kappa shape index (κ1) is 13.4. The van der Waals surface area contributed by atoms with E-state index >= 15 is 0 Å².